The van der Waals surface area contributed by atoms with Crippen molar-refractivity contribution < 1.29 is 62.7 Å². The molecular weight excluding hydrogens is 933 g/mol. The normalized spacial score (nSPS) is 16.2. The van der Waals surface area contributed by atoms with Gasteiger partial charge < -0.3 is 38.6 Å². The number of aromatic nitrogens is 1. The fourth-order valence-corrected chi connectivity index (χ4v) is 9.48. The highest BCUT2D eigenvalue weighted by molar-refractivity contribution is 8.76. The van der Waals surface area contributed by atoms with Gasteiger partial charge in [-0.3, -0.25) is 30.3 Å². The Labute approximate surface area is 409 Å². The molecule has 372 valence electrons. The molecule has 5 rings (SSSR count). The van der Waals surface area contributed by atoms with Gasteiger partial charge in [-0.25, -0.2) is 14.6 Å². The molecule has 1 fully saturated rings. The number of nitro groups is 1. The van der Waals surface area contributed by atoms with Crippen LogP contribution in [0.2, 0.25) is 0 Å². The molecule has 1 unspecified atom stereocenters. The minimum absolute atomic E-state index is 0.0126. The van der Waals surface area contributed by atoms with Crippen LogP contribution in [0.5, 0.6) is 23.0 Å². The second kappa shape index (κ2) is 25.0. The van der Waals surface area contributed by atoms with Crippen molar-refractivity contribution in [3.8, 4) is 23.0 Å². The molecule has 0 spiro atoms. The number of allylic oxidation sites excluding steroid dienone is 3. The smallest absolute Gasteiger partial charge is 0.412 e. The summed E-state index contributed by atoms with van der Waals surface area (Å²) in [6, 6.07) is 8.92. The van der Waals surface area contributed by atoms with Crippen LogP contribution in [-0.2, 0) is 9.47 Å². The maximum atomic E-state index is 14.1. The van der Waals surface area contributed by atoms with E-state index in [4.69, 9.17) is 28.4 Å². The lowest BCUT2D eigenvalue weighted by Crippen LogP contribution is -2.28. The van der Waals surface area contributed by atoms with Gasteiger partial charge in [-0.05, 0) is 113 Å². The van der Waals surface area contributed by atoms with E-state index < -0.39 is 28.6 Å². The molecule has 69 heavy (non-hydrogen) atoms. The summed E-state index contributed by atoms with van der Waals surface area (Å²) in [4.78, 5) is 68.6. The van der Waals surface area contributed by atoms with Gasteiger partial charge in [0.1, 0.15) is 23.4 Å². The number of nitrogens with one attached hydrogen (secondary N) is 2. The van der Waals surface area contributed by atoms with E-state index in [0.29, 0.717) is 61.1 Å². The Morgan fingerprint density at radius 1 is 0.870 bits per heavy atom. The maximum Gasteiger partial charge on any atom is 0.412 e. The van der Waals surface area contributed by atoms with Crippen LogP contribution in [0.1, 0.15) is 93.4 Å². The number of methoxy groups -OCH3 is 2. The van der Waals surface area contributed by atoms with Crippen LogP contribution in [0.15, 0.2) is 83.1 Å². The molecule has 0 bridgehead atoms. The van der Waals surface area contributed by atoms with Crippen molar-refractivity contribution in [2.24, 2.45) is 11.8 Å². The number of nitrogens with zero attached hydrogens (tertiary/aromatic N) is 2. The van der Waals surface area contributed by atoms with Crippen molar-refractivity contribution in [3.05, 3.63) is 99.3 Å². The standard InChI is InChI=1S/C49H60N4O14S2/c1-28-16-31(25-54)34(18-28)45(56)36-20-40(62-7)42(22-38(36)51-47(58)66-27-30(3)68-69-44-13-12-33(24-50-44)53(60)61)64-14-10-9-11-15-65-43-23-39(52-48(59)67-49(4,5)6)37(21-41(43)63-8)46(57)35-19-29(2)17-32(35)26-55/h12-13,20-24,30-31,34,54-55H,1-2,9-11,14-19,25-27H2,3-8H3,(H,51,58)(H,52,59)/t30-,31+,34?/m1/s1. The van der Waals surface area contributed by atoms with Crippen LogP contribution in [0.25, 0.3) is 0 Å². The molecule has 2 amide bonds. The summed E-state index contributed by atoms with van der Waals surface area (Å²) in [5.74, 6) is -0.534. The molecular formula is C49H60N4O14S2. The Hall–Kier alpha value is -6.09. The van der Waals surface area contributed by atoms with E-state index in [1.54, 1.807) is 20.8 Å². The number of amides is 2. The molecule has 18 nitrogen and oxygen atoms in total. The first kappa shape index (κ1) is 53.9. The zero-order chi connectivity index (χ0) is 50.4. The van der Waals surface area contributed by atoms with Crippen molar-refractivity contribution in [3.63, 3.8) is 0 Å². The first-order valence-corrected chi connectivity index (χ1v) is 24.5. The Morgan fingerprint density at radius 2 is 1.49 bits per heavy atom. The Balaban J connectivity index is 1.23. The van der Waals surface area contributed by atoms with Gasteiger partial charge in [0.25, 0.3) is 5.69 Å². The van der Waals surface area contributed by atoms with Crippen LogP contribution >= 0.6 is 21.6 Å². The van der Waals surface area contributed by atoms with E-state index in [1.165, 1.54) is 78.4 Å². The highest BCUT2D eigenvalue weighted by atomic mass is 33.1. The summed E-state index contributed by atoms with van der Waals surface area (Å²) in [5.41, 5.74) is 2.26. The third-order valence-electron chi connectivity index (χ3n) is 11.0. The molecule has 1 heterocycles. The fraction of sp³-hybridized carbons (Fsp3) is 0.449. The zero-order valence-electron chi connectivity index (χ0n) is 39.7. The lowest BCUT2D eigenvalue weighted by atomic mass is 9.88. The number of unbranched alkanes of at least 4 members (excludes halogenated alkanes) is 2. The second-order valence-corrected chi connectivity index (χ2v) is 20.2. The minimum atomic E-state index is -0.820. The number of aliphatic hydroxyl groups excluding tert-OH is 2. The van der Waals surface area contributed by atoms with Crippen LogP contribution in [0.4, 0.5) is 26.7 Å². The zero-order valence-corrected chi connectivity index (χ0v) is 41.3. The lowest BCUT2D eigenvalue weighted by molar-refractivity contribution is -0.385. The summed E-state index contributed by atoms with van der Waals surface area (Å²) in [5, 5.41) is 36.7. The van der Waals surface area contributed by atoms with E-state index in [0.717, 1.165) is 11.1 Å². The second-order valence-electron chi connectivity index (χ2n) is 17.6. The Kier molecular flexibility index (Phi) is 19.5. The van der Waals surface area contributed by atoms with Crippen molar-refractivity contribution in [2.45, 2.75) is 88.5 Å². The number of carbonyl (C=O) groups is 4. The van der Waals surface area contributed by atoms with Crippen LogP contribution < -0.4 is 29.6 Å². The summed E-state index contributed by atoms with van der Waals surface area (Å²) in [7, 11) is 5.51. The van der Waals surface area contributed by atoms with Crippen LogP contribution in [-0.4, -0.2) is 102 Å². The molecule has 0 aliphatic heterocycles. The van der Waals surface area contributed by atoms with E-state index in [1.807, 2.05) is 6.92 Å². The van der Waals surface area contributed by atoms with E-state index >= 15 is 0 Å². The first-order valence-electron chi connectivity index (χ1n) is 22.3. The third-order valence-corrected chi connectivity index (χ3v) is 13.7. The van der Waals surface area contributed by atoms with Gasteiger partial charge in [-0.1, -0.05) is 35.1 Å². The number of anilines is 2. The number of rotatable bonds is 24. The van der Waals surface area contributed by atoms with E-state index in [-0.39, 0.29) is 107 Å². The number of carbonyl (C=O) groups excluding carboxylic acids is 4. The van der Waals surface area contributed by atoms with Gasteiger partial charge in [-0.2, -0.15) is 0 Å². The largest absolute Gasteiger partial charge is 0.493 e. The molecule has 1 aromatic heterocycles. The summed E-state index contributed by atoms with van der Waals surface area (Å²) in [6.45, 7) is 15.0. The average molecular weight is 993 g/mol. The summed E-state index contributed by atoms with van der Waals surface area (Å²) < 4.78 is 34.5. The molecule has 0 saturated heterocycles. The average Bonchev–Trinajstić information content (AvgIpc) is 3.90. The number of ketones is 2. The van der Waals surface area contributed by atoms with Crippen molar-refractivity contribution in [2.75, 3.05) is 57.9 Å². The molecule has 20 heteroatoms. The van der Waals surface area contributed by atoms with Crippen molar-refractivity contribution >= 4 is 62.4 Å². The highest BCUT2D eigenvalue weighted by Crippen LogP contribution is 2.42. The Morgan fingerprint density at radius 3 is 2.06 bits per heavy atom. The van der Waals surface area contributed by atoms with Gasteiger partial charge in [0.15, 0.2) is 34.6 Å². The highest BCUT2D eigenvalue weighted by Gasteiger charge is 2.37. The van der Waals surface area contributed by atoms with Gasteiger partial charge in [0.05, 0.1) is 50.3 Å². The van der Waals surface area contributed by atoms with Crippen molar-refractivity contribution in [1.82, 2.24) is 4.98 Å². The number of Topliss-reactive ketones (excluding diaryl/α,β-unsaturated/α-hetero) is 2. The Bertz CT molecular complexity index is 2440. The molecule has 2 aromatic carbocycles. The number of hydrogen-bond acceptors (Lipinski definition) is 17. The van der Waals surface area contributed by atoms with E-state index in [9.17, 15) is 39.5 Å². The number of pyridine rings is 1. The lowest BCUT2D eigenvalue weighted by Gasteiger charge is -2.21. The molecule has 4 N–H and O–H groups in total. The van der Waals surface area contributed by atoms with E-state index in [2.05, 4.69) is 28.8 Å². The minimum Gasteiger partial charge on any atom is -0.493 e. The monoisotopic (exact) mass is 992 g/mol. The molecule has 2 aliphatic carbocycles. The number of aliphatic hydroxyl groups is 2. The SMILES string of the molecule is C=C1CC(CO)=C(C(=O)c2cc(OC)c(OCCCCCOc3cc(NC(=O)OC[C@@H](C)SSc4ccc([N+](=O)[O-])cn4)c(C(=O)C4CC(=C)C[C@H]4CO)cc3OC)cc2NC(=O)OC(C)(C)C)C1. The van der Waals surface area contributed by atoms with Crippen molar-refractivity contribution in [1.29, 1.82) is 0 Å². The number of hydrogen-bond donors (Lipinski definition) is 4. The molecule has 1 saturated carbocycles. The maximum absolute atomic E-state index is 14.1. The van der Waals surface area contributed by atoms with Gasteiger partial charge in [0, 0.05) is 52.7 Å². The molecule has 3 aromatic rings. The predicted octanol–water partition coefficient (Wildman–Crippen LogP) is 9.94. The third kappa shape index (κ3) is 15.2. The molecule has 2 aliphatic rings. The van der Waals surface area contributed by atoms with Gasteiger partial charge in [-0.15, -0.1) is 0 Å². The number of benzene rings is 2. The summed E-state index contributed by atoms with van der Waals surface area (Å²) in [6.07, 6.45) is 2.94. The molecule has 3 atom stereocenters. The first-order chi connectivity index (χ1) is 32.8. The topological polar surface area (TPSA) is 244 Å². The van der Waals surface area contributed by atoms with Crippen LogP contribution in [0, 0.1) is 22.0 Å². The quantitative estimate of drug-likeness (QED) is 0.0163. The van der Waals surface area contributed by atoms with Gasteiger partial charge in [0.2, 0.25) is 0 Å². The van der Waals surface area contributed by atoms with Gasteiger partial charge >= 0.3 is 12.2 Å². The molecule has 0 radical (unpaired) electrons. The fourth-order valence-electron chi connectivity index (χ4n) is 7.62. The van der Waals surface area contributed by atoms with Crippen LogP contribution in [0.3, 0.4) is 0 Å². The predicted molar refractivity (Wildman–Crippen MR) is 263 cm³/mol. The number of ether oxygens (including phenoxy) is 6. The summed E-state index contributed by atoms with van der Waals surface area (Å²) >= 11 is 0.